The molecule has 3 N–H and O–H groups in total. The number of rotatable bonds is 10. The van der Waals surface area contributed by atoms with Crippen molar-refractivity contribution in [1.29, 1.82) is 0 Å². The highest BCUT2D eigenvalue weighted by atomic mass is 32.2. The zero-order valence-electron chi connectivity index (χ0n) is 26.2. The standard InChI is InChI=1S/C34H32FN7O6S/c35-26-17-24-29(42(22-7-8-22)20-25(33(24)44)34(45)46)18-30(26)41-15-13-40(14-16-41)12-11-32(43)37-21-5-9-23(10-6-21)49(47,48)39-31-19-36-27-3-1-2-4-28(27)38-31/h1-6,9-10,17-20,22H,7-8,11-16H2,(H,37,43)(H,38,39)(H,45,46). The molecule has 13 nitrogen and oxygen atoms in total. The van der Waals surface area contributed by atoms with Gasteiger partial charge in [0.2, 0.25) is 11.3 Å². The smallest absolute Gasteiger partial charge is 0.341 e. The maximum Gasteiger partial charge on any atom is 0.341 e. The van der Waals surface area contributed by atoms with Crippen LogP contribution in [0.2, 0.25) is 0 Å². The summed E-state index contributed by atoms with van der Waals surface area (Å²) >= 11 is 0. The molecule has 2 aliphatic rings. The second-order valence-corrected chi connectivity index (χ2v) is 13.8. The van der Waals surface area contributed by atoms with Gasteiger partial charge in [-0.05, 0) is 61.4 Å². The zero-order valence-corrected chi connectivity index (χ0v) is 27.0. The molecule has 5 aromatic rings. The Hall–Kier alpha value is -5.41. The van der Waals surface area contributed by atoms with Crippen LogP contribution in [-0.2, 0) is 14.8 Å². The van der Waals surface area contributed by atoms with E-state index in [0.717, 1.165) is 18.9 Å². The molecule has 1 amide bonds. The second kappa shape index (κ2) is 12.9. The van der Waals surface area contributed by atoms with E-state index in [9.17, 15) is 27.9 Å². The van der Waals surface area contributed by atoms with Crippen molar-refractivity contribution in [2.75, 3.05) is 47.7 Å². The zero-order chi connectivity index (χ0) is 34.3. The molecule has 0 unspecified atom stereocenters. The number of anilines is 3. The van der Waals surface area contributed by atoms with E-state index in [-0.39, 0.29) is 40.0 Å². The third-order valence-electron chi connectivity index (χ3n) is 8.78. The van der Waals surface area contributed by atoms with Crippen LogP contribution in [-0.4, -0.2) is 77.6 Å². The van der Waals surface area contributed by atoms with Gasteiger partial charge in [-0.15, -0.1) is 0 Å². The number of benzene rings is 3. The Bertz CT molecular complexity index is 2270. The fourth-order valence-electron chi connectivity index (χ4n) is 6.02. The summed E-state index contributed by atoms with van der Waals surface area (Å²) in [5.74, 6) is -2.06. The molecular formula is C34H32FN7O6S. The normalized spacial score (nSPS) is 15.4. The highest BCUT2D eigenvalue weighted by Crippen LogP contribution is 2.38. The average Bonchev–Trinajstić information content (AvgIpc) is 3.93. The van der Waals surface area contributed by atoms with Crippen molar-refractivity contribution in [2.45, 2.75) is 30.2 Å². The number of fused-ring (bicyclic) bond motifs is 2. The fraction of sp³-hybridized carbons (Fsp3) is 0.265. The number of halogens is 1. The highest BCUT2D eigenvalue weighted by molar-refractivity contribution is 7.92. The lowest BCUT2D eigenvalue weighted by atomic mass is 10.1. The molecule has 1 aliphatic heterocycles. The van der Waals surface area contributed by atoms with Crippen LogP contribution in [0.1, 0.15) is 35.7 Å². The van der Waals surface area contributed by atoms with Gasteiger partial charge in [-0.25, -0.2) is 22.6 Å². The quantitative estimate of drug-likeness (QED) is 0.195. The van der Waals surface area contributed by atoms with Crippen LogP contribution < -0.4 is 20.4 Å². The Morgan fingerprint density at radius 2 is 1.69 bits per heavy atom. The van der Waals surface area contributed by atoms with E-state index >= 15 is 4.39 Å². The first-order valence-electron chi connectivity index (χ1n) is 15.8. The molecule has 15 heteroatoms. The van der Waals surface area contributed by atoms with Gasteiger partial charge in [0, 0.05) is 62.5 Å². The summed E-state index contributed by atoms with van der Waals surface area (Å²) in [5, 5.41) is 12.3. The van der Waals surface area contributed by atoms with E-state index in [2.05, 4.69) is 24.9 Å². The Balaban J connectivity index is 0.929. The first kappa shape index (κ1) is 32.2. The number of carbonyl (C=O) groups excluding carboxylic acids is 1. The predicted octanol–water partition coefficient (Wildman–Crippen LogP) is 4.07. The first-order chi connectivity index (χ1) is 23.6. The number of piperazine rings is 1. The van der Waals surface area contributed by atoms with Crippen molar-refractivity contribution < 1.29 is 27.5 Å². The number of aromatic nitrogens is 3. The minimum absolute atomic E-state index is 0.00187. The summed E-state index contributed by atoms with van der Waals surface area (Å²) in [6, 6.07) is 15.8. The summed E-state index contributed by atoms with van der Waals surface area (Å²) in [6.07, 6.45) is 4.65. The minimum Gasteiger partial charge on any atom is -0.477 e. The maximum atomic E-state index is 15.3. The molecule has 1 saturated carbocycles. The average molecular weight is 686 g/mol. The van der Waals surface area contributed by atoms with Crippen LogP contribution in [0.4, 0.5) is 21.6 Å². The van der Waals surface area contributed by atoms with Gasteiger partial charge in [0.05, 0.1) is 33.3 Å². The number of pyridine rings is 1. The lowest BCUT2D eigenvalue weighted by Crippen LogP contribution is -2.47. The van der Waals surface area contributed by atoms with E-state index in [4.69, 9.17) is 0 Å². The Morgan fingerprint density at radius 1 is 0.980 bits per heavy atom. The lowest BCUT2D eigenvalue weighted by Gasteiger charge is -2.36. The van der Waals surface area contributed by atoms with E-state index in [1.165, 1.54) is 36.7 Å². The second-order valence-electron chi connectivity index (χ2n) is 12.1. The lowest BCUT2D eigenvalue weighted by molar-refractivity contribution is -0.116. The number of amides is 1. The fourth-order valence-corrected chi connectivity index (χ4v) is 7.01. The molecule has 0 bridgehead atoms. The SMILES string of the molecule is O=C(CCN1CCN(c2cc3c(cc2F)c(=O)c(C(=O)O)cn3C2CC2)CC1)Nc1ccc(S(=O)(=O)Nc2cnc3ccccc3n2)cc1. The van der Waals surface area contributed by atoms with Crippen LogP contribution in [0.3, 0.4) is 0 Å². The number of carbonyl (C=O) groups is 2. The number of hydrogen-bond acceptors (Lipinski definition) is 9. The minimum atomic E-state index is -3.94. The third kappa shape index (κ3) is 6.80. The number of aromatic carboxylic acids is 1. The van der Waals surface area contributed by atoms with E-state index in [1.807, 2.05) is 11.0 Å². The summed E-state index contributed by atoms with van der Waals surface area (Å²) in [5.41, 5.74) is 1.47. The Morgan fingerprint density at radius 3 is 2.39 bits per heavy atom. The van der Waals surface area contributed by atoms with Crippen molar-refractivity contribution in [3.8, 4) is 0 Å². The number of carboxylic acids is 1. The van der Waals surface area contributed by atoms with E-state index < -0.39 is 27.2 Å². The van der Waals surface area contributed by atoms with Crippen LogP contribution in [0.15, 0.2) is 82.7 Å². The van der Waals surface area contributed by atoms with Crippen LogP contribution in [0, 0.1) is 5.82 Å². The van der Waals surface area contributed by atoms with Crippen molar-refractivity contribution >= 4 is 61.0 Å². The van der Waals surface area contributed by atoms with Gasteiger partial charge in [-0.2, -0.15) is 0 Å². The molecular weight excluding hydrogens is 653 g/mol. The van der Waals surface area contributed by atoms with Gasteiger partial charge < -0.3 is 19.9 Å². The number of carboxylic acid groups (broad SMARTS) is 1. The third-order valence-corrected chi connectivity index (χ3v) is 10.1. The topological polar surface area (TPSA) is 167 Å². The first-order valence-corrected chi connectivity index (χ1v) is 17.3. The van der Waals surface area contributed by atoms with Gasteiger partial charge >= 0.3 is 5.97 Å². The molecule has 1 saturated heterocycles. The summed E-state index contributed by atoms with van der Waals surface area (Å²) in [7, 11) is -3.94. The summed E-state index contributed by atoms with van der Waals surface area (Å²) in [4.78, 5) is 49.7. The predicted molar refractivity (Wildman–Crippen MR) is 182 cm³/mol. The monoisotopic (exact) mass is 685 g/mol. The van der Waals surface area contributed by atoms with Gasteiger partial charge in [-0.1, -0.05) is 12.1 Å². The molecule has 3 heterocycles. The largest absolute Gasteiger partial charge is 0.477 e. The molecule has 3 aromatic carbocycles. The number of nitrogens with zero attached hydrogens (tertiary/aromatic N) is 5. The van der Waals surface area contributed by atoms with Crippen LogP contribution in [0.25, 0.3) is 21.9 Å². The Kier molecular flexibility index (Phi) is 8.46. The number of sulfonamides is 1. The van der Waals surface area contributed by atoms with E-state index in [1.54, 1.807) is 28.8 Å². The molecule has 0 atom stereocenters. The number of para-hydroxylation sites is 2. The summed E-state index contributed by atoms with van der Waals surface area (Å²) in [6.45, 7) is 2.64. The van der Waals surface area contributed by atoms with E-state index in [0.29, 0.717) is 60.6 Å². The molecule has 252 valence electrons. The van der Waals surface area contributed by atoms with Crippen molar-refractivity contribution in [1.82, 2.24) is 19.4 Å². The molecule has 2 fully saturated rings. The molecule has 7 rings (SSSR count). The number of hydrogen-bond donors (Lipinski definition) is 3. The van der Waals surface area contributed by atoms with Crippen molar-refractivity contribution in [3.63, 3.8) is 0 Å². The van der Waals surface area contributed by atoms with Gasteiger partial charge in [0.25, 0.3) is 10.0 Å². The maximum absolute atomic E-state index is 15.3. The molecule has 49 heavy (non-hydrogen) atoms. The Labute approximate surface area is 280 Å². The van der Waals surface area contributed by atoms with Gasteiger partial charge in [0.15, 0.2) is 5.82 Å². The molecule has 0 radical (unpaired) electrons. The van der Waals surface area contributed by atoms with Gasteiger partial charge in [0.1, 0.15) is 11.4 Å². The highest BCUT2D eigenvalue weighted by Gasteiger charge is 2.28. The van der Waals surface area contributed by atoms with Crippen LogP contribution in [0.5, 0.6) is 0 Å². The van der Waals surface area contributed by atoms with Gasteiger partial charge in [-0.3, -0.25) is 24.2 Å². The van der Waals surface area contributed by atoms with Crippen molar-refractivity contribution in [2.24, 2.45) is 0 Å². The van der Waals surface area contributed by atoms with Crippen LogP contribution >= 0.6 is 0 Å². The molecule has 1 aliphatic carbocycles. The molecule has 0 spiro atoms. The summed E-state index contributed by atoms with van der Waals surface area (Å²) < 4.78 is 45.3. The van der Waals surface area contributed by atoms with Crippen molar-refractivity contribution in [3.05, 3.63) is 94.7 Å². The molecule has 2 aromatic heterocycles. The number of nitrogens with one attached hydrogen (secondary N) is 2.